The molecule has 0 spiro atoms. The number of nitrogens with zero attached hydrogens (tertiary/aromatic N) is 2. The predicted molar refractivity (Wildman–Crippen MR) is 77.7 cm³/mol. The average molecular weight is 260 g/mol. The molecule has 0 atom stereocenters. The summed E-state index contributed by atoms with van der Waals surface area (Å²) in [6.07, 6.45) is 1.35. The zero-order chi connectivity index (χ0) is 13.7. The van der Waals surface area contributed by atoms with Gasteiger partial charge >= 0.3 is 0 Å². The Labute approximate surface area is 114 Å². The summed E-state index contributed by atoms with van der Waals surface area (Å²) < 4.78 is 5.34. The molecule has 0 bridgehead atoms. The lowest BCUT2D eigenvalue weighted by molar-refractivity contribution is -0.114. The highest BCUT2D eigenvalue weighted by molar-refractivity contribution is 6.01. The number of amides is 1. The van der Waals surface area contributed by atoms with Crippen LogP contribution >= 0.6 is 0 Å². The average Bonchev–Trinajstić information content (AvgIpc) is 2.49. The zero-order valence-corrected chi connectivity index (χ0v) is 11.3. The summed E-state index contributed by atoms with van der Waals surface area (Å²) in [4.78, 5) is 15.7. The number of hydrogen-bond acceptors (Lipinski definition) is 3. The molecular formula is C15H20N2O2. The van der Waals surface area contributed by atoms with Crippen LogP contribution in [0.3, 0.4) is 0 Å². The standard InChI is InChI=1S/C15H20N2O2/c1-3-15(18)17(4-2)14-7-5-13(6-8-14)16-9-11-19-12-10-16/h3,5-8H,1,4,9-12H2,2H3. The molecular weight excluding hydrogens is 240 g/mol. The van der Waals surface area contributed by atoms with E-state index in [2.05, 4.69) is 23.6 Å². The van der Waals surface area contributed by atoms with Gasteiger partial charge in [-0.1, -0.05) is 6.58 Å². The maximum absolute atomic E-state index is 11.7. The van der Waals surface area contributed by atoms with E-state index >= 15 is 0 Å². The molecule has 1 aromatic rings. The van der Waals surface area contributed by atoms with Gasteiger partial charge in [-0.2, -0.15) is 0 Å². The van der Waals surface area contributed by atoms with Crippen LogP contribution < -0.4 is 9.80 Å². The summed E-state index contributed by atoms with van der Waals surface area (Å²) in [7, 11) is 0. The molecule has 1 fully saturated rings. The molecule has 1 heterocycles. The number of carbonyl (C=O) groups is 1. The van der Waals surface area contributed by atoms with Crippen molar-refractivity contribution in [2.45, 2.75) is 6.92 Å². The van der Waals surface area contributed by atoms with Crippen molar-refractivity contribution in [3.63, 3.8) is 0 Å². The lowest BCUT2D eigenvalue weighted by atomic mass is 10.2. The predicted octanol–water partition coefficient (Wildman–Crippen LogP) is 2.06. The Morgan fingerprint density at radius 2 is 2.00 bits per heavy atom. The normalized spacial score (nSPS) is 15.1. The number of ether oxygens (including phenoxy) is 1. The van der Waals surface area contributed by atoms with Gasteiger partial charge in [-0.15, -0.1) is 0 Å². The fourth-order valence-electron chi connectivity index (χ4n) is 2.24. The van der Waals surface area contributed by atoms with Crippen LogP contribution in [0, 0.1) is 0 Å². The van der Waals surface area contributed by atoms with Gasteiger partial charge in [-0.3, -0.25) is 4.79 Å². The van der Waals surface area contributed by atoms with Crippen LogP contribution in [-0.4, -0.2) is 38.8 Å². The second-order valence-corrected chi connectivity index (χ2v) is 4.40. The van der Waals surface area contributed by atoms with Crippen molar-refractivity contribution in [1.82, 2.24) is 0 Å². The van der Waals surface area contributed by atoms with Gasteiger partial charge in [0.2, 0.25) is 5.91 Å². The number of rotatable bonds is 4. The highest BCUT2D eigenvalue weighted by atomic mass is 16.5. The van der Waals surface area contributed by atoms with E-state index in [1.54, 1.807) is 4.90 Å². The summed E-state index contributed by atoms with van der Waals surface area (Å²) in [5, 5.41) is 0. The Balaban J connectivity index is 2.12. The summed E-state index contributed by atoms with van der Waals surface area (Å²) in [6, 6.07) is 8.07. The monoisotopic (exact) mass is 260 g/mol. The zero-order valence-electron chi connectivity index (χ0n) is 11.3. The number of carbonyl (C=O) groups excluding carboxylic acids is 1. The summed E-state index contributed by atoms with van der Waals surface area (Å²) in [5.74, 6) is -0.0679. The van der Waals surface area contributed by atoms with Crippen molar-refractivity contribution in [2.24, 2.45) is 0 Å². The van der Waals surface area contributed by atoms with Crippen LogP contribution in [0.4, 0.5) is 11.4 Å². The molecule has 1 aromatic carbocycles. The van der Waals surface area contributed by atoms with Crippen LogP contribution in [0.15, 0.2) is 36.9 Å². The highest BCUT2D eigenvalue weighted by Crippen LogP contribution is 2.21. The molecule has 19 heavy (non-hydrogen) atoms. The van der Waals surface area contributed by atoms with Gasteiger partial charge in [0.25, 0.3) is 0 Å². The molecule has 0 N–H and O–H groups in total. The third kappa shape index (κ3) is 3.15. The Morgan fingerprint density at radius 1 is 1.37 bits per heavy atom. The maximum Gasteiger partial charge on any atom is 0.250 e. The third-order valence-corrected chi connectivity index (χ3v) is 3.29. The molecule has 102 valence electrons. The van der Waals surface area contributed by atoms with E-state index in [0.717, 1.165) is 32.0 Å². The van der Waals surface area contributed by atoms with Crippen molar-refractivity contribution < 1.29 is 9.53 Å². The molecule has 1 saturated heterocycles. The first kappa shape index (κ1) is 13.6. The lowest BCUT2D eigenvalue weighted by Gasteiger charge is -2.29. The smallest absolute Gasteiger partial charge is 0.250 e. The van der Waals surface area contributed by atoms with Gasteiger partial charge in [-0.25, -0.2) is 0 Å². The van der Waals surface area contributed by atoms with Crippen LogP contribution in [0.1, 0.15) is 6.92 Å². The van der Waals surface area contributed by atoms with E-state index in [4.69, 9.17) is 4.74 Å². The van der Waals surface area contributed by atoms with E-state index < -0.39 is 0 Å². The fraction of sp³-hybridized carbons (Fsp3) is 0.400. The van der Waals surface area contributed by atoms with Crippen LogP contribution in [0.25, 0.3) is 0 Å². The molecule has 2 rings (SSSR count). The van der Waals surface area contributed by atoms with Crippen molar-refractivity contribution in [3.8, 4) is 0 Å². The largest absolute Gasteiger partial charge is 0.378 e. The molecule has 0 aromatic heterocycles. The molecule has 1 aliphatic heterocycles. The number of likely N-dealkylation sites (N-methyl/N-ethyl adjacent to an activating group) is 1. The maximum atomic E-state index is 11.7. The van der Waals surface area contributed by atoms with Gasteiger partial charge in [0.15, 0.2) is 0 Å². The number of anilines is 2. The molecule has 1 amide bonds. The fourth-order valence-corrected chi connectivity index (χ4v) is 2.24. The molecule has 1 aliphatic rings. The van der Waals surface area contributed by atoms with Gasteiger partial charge in [0.05, 0.1) is 13.2 Å². The van der Waals surface area contributed by atoms with Crippen LogP contribution in [0.5, 0.6) is 0 Å². The number of benzene rings is 1. The molecule has 4 heteroatoms. The minimum Gasteiger partial charge on any atom is -0.378 e. The van der Waals surface area contributed by atoms with Gasteiger partial charge in [-0.05, 0) is 37.3 Å². The molecule has 0 radical (unpaired) electrons. The summed E-state index contributed by atoms with van der Waals surface area (Å²) in [6.45, 7) is 9.52. The first-order valence-electron chi connectivity index (χ1n) is 6.63. The number of hydrogen-bond donors (Lipinski definition) is 0. The summed E-state index contributed by atoms with van der Waals surface area (Å²) in [5.41, 5.74) is 2.08. The number of morpholine rings is 1. The molecule has 4 nitrogen and oxygen atoms in total. The topological polar surface area (TPSA) is 32.8 Å². The van der Waals surface area contributed by atoms with Crippen molar-refractivity contribution in [1.29, 1.82) is 0 Å². The first-order valence-corrected chi connectivity index (χ1v) is 6.63. The minimum atomic E-state index is -0.0679. The van der Waals surface area contributed by atoms with E-state index in [1.807, 2.05) is 19.1 Å². The quantitative estimate of drug-likeness (QED) is 0.777. The van der Waals surface area contributed by atoms with E-state index in [0.29, 0.717) is 6.54 Å². The first-order chi connectivity index (χ1) is 9.26. The third-order valence-electron chi connectivity index (χ3n) is 3.29. The second kappa shape index (κ2) is 6.38. The summed E-state index contributed by atoms with van der Waals surface area (Å²) >= 11 is 0. The van der Waals surface area contributed by atoms with Gasteiger partial charge < -0.3 is 14.5 Å². The highest BCUT2D eigenvalue weighted by Gasteiger charge is 2.13. The lowest BCUT2D eigenvalue weighted by Crippen LogP contribution is -2.36. The molecule has 0 saturated carbocycles. The Hall–Kier alpha value is -1.81. The van der Waals surface area contributed by atoms with Crippen molar-refractivity contribution in [3.05, 3.63) is 36.9 Å². The van der Waals surface area contributed by atoms with Gasteiger partial charge in [0, 0.05) is 31.0 Å². The SMILES string of the molecule is C=CC(=O)N(CC)c1ccc(N2CCOCC2)cc1. The van der Waals surface area contributed by atoms with Gasteiger partial charge in [0.1, 0.15) is 0 Å². The Kier molecular flexibility index (Phi) is 4.58. The minimum absolute atomic E-state index is 0.0679. The van der Waals surface area contributed by atoms with Crippen LogP contribution in [0.2, 0.25) is 0 Å². The Bertz CT molecular complexity index is 436. The Morgan fingerprint density at radius 3 is 2.53 bits per heavy atom. The molecule has 0 unspecified atom stereocenters. The van der Waals surface area contributed by atoms with E-state index in [9.17, 15) is 4.79 Å². The van der Waals surface area contributed by atoms with Crippen LogP contribution in [-0.2, 0) is 9.53 Å². The van der Waals surface area contributed by atoms with Crippen molar-refractivity contribution >= 4 is 17.3 Å². The molecule has 0 aliphatic carbocycles. The second-order valence-electron chi connectivity index (χ2n) is 4.40. The van der Waals surface area contributed by atoms with E-state index in [1.165, 1.54) is 11.8 Å². The van der Waals surface area contributed by atoms with E-state index in [-0.39, 0.29) is 5.91 Å². The van der Waals surface area contributed by atoms with Crippen molar-refractivity contribution in [2.75, 3.05) is 42.6 Å².